The normalized spacial score (nSPS) is 15.6. The van der Waals surface area contributed by atoms with Gasteiger partial charge >= 0.3 is 0 Å². The molecule has 1 saturated carbocycles. The van der Waals surface area contributed by atoms with E-state index < -0.39 is 0 Å². The molecule has 0 aromatic carbocycles. The first kappa shape index (κ1) is 22.9. The lowest BCUT2D eigenvalue weighted by molar-refractivity contribution is 0.190. The van der Waals surface area contributed by atoms with E-state index in [1.165, 1.54) is 32.1 Å². The maximum atomic E-state index is 4.67. The first-order valence-electron chi connectivity index (χ1n) is 10.3. The third kappa shape index (κ3) is 6.58. The average Bonchev–Trinajstić information content (AvgIpc) is 3.13. The summed E-state index contributed by atoms with van der Waals surface area (Å²) in [6, 6.07) is 6.68. The minimum absolute atomic E-state index is 0. The summed E-state index contributed by atoms with van der Waals surface area (Å²) in [5.41, 5.74) is 0.853. The quantitative estimate of drug-likeness (QED) is 0.253. The van der Waals surface area contributed by atoms with Gasteiger partial charge in [-0.1, -0.05) is 25.3 Å². The number of pyridine rings is 1. The molecule has 8 heteroatoms. The van der Waals surface area contributed by atoms with Crippen LogP contribution in [0.4, 0.5) is 0 Å². The molecule has 0 aliphatic heterocycles. The van der Waals surface area contributed by atoms with Crippen molar-refractivity contribution in [3.05, 3.63) is 30.2 Å². The Morgan fingerprint density at radius 2 is 2.04 bits per heavy atom. The molecule has 1 aliphatic rings. The van der Waals surface area contributed by atoms with Crippen LogP contribution in [0, 0.1) is 0 Å². The molecule has 2 aromatic rings. The molecule has 0 amide bonds. The van der Waals surface area contributed by atoms with Crippen molar-refractivity contribution in [3.8, 4) is 0 Å². The summed E-state index contributed by atoms with van der Waals surface area (Å²) in [5, 5.41) is 15.2. The van der Waals surface area contributed by atoms with Crippen molar-refractivity contribution in [2.45, 2.75) is 58.0 Å². The number of nitrogens with zero attached hydrogens (tertiary/aromatic N) is 5. The third-order valence-corrected chi connectivity index (χ3v) is 5.29. The summed E-state index contributed by atoms with van der Waals surface area (Å²) in [7, 11) is 2.27. The van der Waals surface area contributed by atoms with Crippen LogP contribution in [-0.2, 0) is 6.54 Å². The maximum Gasteiger partial charge on any atom is 0.191 e. The summed E-state index contributed by atoms with van der Waals surface area (Å²) in [6.07, 6.45) is 10.0. The Kier molecular flexibility index (Phi) is 9.97. The van der Waals surface area contributed by atoms with Gasteiger partial charge in [0.25, 0.3) is 0 Å². The first-order valence-corrected chi connectivity index (χ1v) is 10.3. The number of fused-ring (bicyclic) bond motifs is 1. The van der Waals surface area contributed by atoms with Crippen molar-refractivity contribution in [2.75, 3.05) is 26.7 Å². The predicted octanol–water partition coefficient (Wildman–Crippen LogP) is 3.06. The Bertz CT molecular complexity index is 724. The van der Waals surface area contributed by atoms with Gasteiger partial charge in [0.1, 0.15) is 6.54 Å². The van der Waals surface area contributed by atoms with E-state index in [9.17, 15) is 0 Å². The summed E-state index contributed by atoms with van der Waals surface area (Å²) < 4.78 is 1.98. The topological polar surface area (TPSA) is 69.8 Å². The molecule has 1 fully saturated rings. The number of hydrogen-bond donors (Lipinski definition) is 2. The molecule has 0 radical (unpaired) electrons. The lowest BCUT2D eigenvalue weighted by atomic mass is 9.94. The van der Waals surface area contributed by atoms with Gasteiger partial charge in [-0.15, -0.1) is 34.2 Å². The van der Waals surface area contributed by atoms with Crippen LogP contribution in [0.15, 0.2) is 29.4 Å². The summed E-state index contributed by atoms with van der Waals surface area (Å²) in [6.45, 7) is 5.48. The molecule has 2 N–H and O–H groups in total. The van der Waals surface area contributed by atoms with Gasteiger partial charge in [0.15, 0.2) is 17.4 Å². The standard InChI is InChI=1S/C20H33N7.HI/c1-3-21-20(22-13-9-14-26(2)17-10-5-4-6-11-17)23-16-19-25-24-18-12-7-8-15-27(18)19;/h7-8,12,15,17H,3-6,9-11,13-14,16H2,1-2H3,(H2,21,22,23);1H. The Labute approximate surface area is 185 Å². The third-order valence-electron chi connectivity index (χ3n) is 5.29. The fourth-order valence-corrected chi connectivity index (χ4v) is 3.73. The molecular weight excluding hydrogens is 465 g/mol. The lowest BCUT2D eigenvalue weighted by Crippen LogP contribution is -2.39. The van der Waals surface area contributed by atoms with Crippen LogP contribution in [0.2, 0.25) is 0 Å². The summed E-state index contributed by atoms with van der Waals surface area (Å²) >= 11 is 0. The highest BCUT2D eigenvalue weighted by Crippen LogP contribution is 2.21. The highest BCUT2D eigenvalue weighted by Gasteiger charge is 2.17. The molecule has 3 rings (SSSR count). The van der Waals surface area contributed by atoms with E-state index in [1.54, 1.807) is 0 Å². The van der Waals surface area contributed by atoms with Crippen LogP contribution in [0.5, 0.6) is 0 Å². The largest absolute Gasteiger partial charge is 0.357 e. The van der Waals surface area contributed by atoms with E-state index in [2.05, 4.69) is 44.7 Å². The van der Waals surface area contributed by atoms with Gasteiger partial charge in [-0.05, 0) is 51.9 Å². The molecule has 0 spiro atoms. The number of guanidine groups is 1. The maximum absolute atomic E-state index is 4.67. The smallest absolute Gasteiger partial charge is 0.191 e. The van der Waals surface area contributed by atoms with Crippen molar-refractivity contribution >= 4 is 35.6 Å². The van der Waals surface area contributed by atoms with E-state index in [0.29, 0.717) is 6.54 Å². The Morgan fingerprint density at radius 3 is 2.82 bits per heavy atom. The van der Waals surface area contributed by atoms with Gasteiger partial charge in [0.2, 0.25) is 0 Å². The number of aliphatic imine (C=N–C) groups is 1. The van der Waals surface area contributed by atoms with Gasteiger partial charge < -0.3 is 15.5 Å². The molecule has 0 unspecified atom stereocenters. The fraction of sp³-hybridized carbons (Fsp3) is 0.650. The van der Waals surface area contributed by atoms with Crippen LogP contribution < -0.4 is 10.6 Å². The fourth-order valence-electron chi connectivity index (χ4n) is 3.73. The highest BCUT2D eigenvalue weighted by atomic mass is 127. The number of hydrogen-bond acceptors (Lipinski definition) is 4. The number of rotatable bonds is 8. The molecule has 0 bridgehead atoms. The first-order chi connectivity index (χ1) is 13.3. The van der Waals surface area contributed by atoms with Crippen molar-refractivity contribution in [2.24, 2.45) is 4.99 Å². The zero-order valence-electron chi connectivity index (χ0n) is 17.1. The lowest BCUT2D eigenvalue weighted by Gasteiger charge is -2.31. The van der Waals surface area contributed by atoms with Crippen LogP contribution in [0.3, 0.4) is 0 Å². The van der Waals surface area contributed by atoms with E-state index >= 15 is 0 Å². The zero-order valence-corrected chi connectivity index (χ0v) is 19.4. The second-order valence-corrected chi connectivity index (χ2v) is 7.29. The molecule has 2 heterocycles. The van der Waals surface area contributed by atoms with Crippen molar-refractivity contribution in [3.63, 3.8) is 0 Å². The van der Waals surface area contributed by atoms with Gasteiger partial charge in [-0.2, -0.15) is 0 Å². The van der Waals surface area contributed by atoms with E-state index in [0.717, 1.165) is 49.5 Å². The van der Waals surface area contributed by atoms with E-state index in [-0.39, 0.29) is 24.0 Å². The Morgan fingerprint density at radius 1 is 1.21 bits per heavy atom. The molecular formula is C20H34IN7. The Hall–Kier alpha value is -1.42. The number of nitrogens with one attached hydrogen (secondary N) is 2. The zero-order chi connectivity index (χ0) is 18.9. The van der Waals surface area contributed by atoms with Gasteiger partial charge in [-0.3, -0.25) is 4.40 Å². The van der Waals surface area contributed by atoms with Crippen molar-refractivity contribution < 1.29 is 0 Å². The SMILES string of the molecule is CCNC(=NCc1nnc2ccccn12)NCCCN(C)C1CCCCC1.I. The highest BCUT2D eigenvalue weighted by molar-refractivity contribution is 14.0. The van der Waals surface area contributed by atoms with Crippen molar-refractivity contribution in [1.29, 1.82) is 0 Å². The van der Waals surface area contributed by atoms with Crippen LogP contribution in [0.1, 0.15) is 51.3 Å². The van der Waals surface area contributed by atoms with Crippen LogP contribution in [0.25, 0.3) is 5.65 Å². The molecule has 0 atom stereocenters. The number of halogens is 1. The minimum atomic E-state index is 0. The summed E-state index contributed by atoms with van der Waals surface area (Å²) in [5.74, 6) is 1.69. The summed E-state index contributed by atoms with van der Waals surface area (Å²) in [4.78, 5) is 7.21. The van der Waals surface area contributed by atoms with E-state index in [4.69, 9.17) is 0 Å². The van der Waals surface area contributed by atoms with Crippen LogP contribution >= 0.6 is 24.0 Å². The number of aromatic nitrogens is 3. The molecule has 1 aliphatic carbocycles. The van der Waals surface area contributed by atoms with Crippen LogP contribution in [-0.4, -0.2) is 58.2 Å². The molecule has 2 aromatic heterocycles. The monoisotopic (exact) mass is 499 g/mol. The minimum Gasteiger partial charge on any atom is -0.357 e. The molecule has 156 valence electrons. The Balaban J connectivity index is 0.00000280. The van der Waals surface area contributed by atoms with Gasteiger partial charge in [-0.25, -0.2) is 4.99 Å². The van der Waals surface area contributed by atoms with Gasteiger partial charge in [0.05, 0.1) is 0 Å². The molecule has 28 heavy (non-hydrogen) atoms. The van der Waals surface area contributed by atoms with Crippen molar-refractivity contribution in [1.82, 2.24) is 30.1 Å². The average molecular weight is 499 g/mol. The molecule has 0 saturated heterocycles. The second-order valence-electron chi connectivity index (χ2n) is 7.29. The van der Waals surface area contributed by atoms with Gasteiger partial charge in [0, 0.05) is 25.3 Å². The molecule has 7 nitrogen and oxygen atoms in total. The predicted molar refractivity (Wildman–Crippen MR) is 125 cm³/mol. The second kappa shape index (κ2) is 12.2. The van der Waals surface area contributed by atoms with E-state index in [1.807, 2.05) is 28.8 Å².